The van der Waals surface area contributed by atoms with Crippen LogP contribution in [-0.4, -0.2) is 15.8 Å². The molecule has 1 aromatic heterocycles. The highest BCUT2D eigenvalue weighted by atomic mass is 35.5. The van der Waals surface area contributed by atoms with Gasteiger partial charge in [-0.05, 0) is 12.5 Å². The van der Waals surface area contributed by atoms with E-state index in [2.05, 4.69) is 10.3 Å². The second-order valence-corrected chi connectivity index (χ2v) is 3.94. The number of pyridine rings is 1. The van der Waals surface area contributed by atoms with E-state index in [1.54, 1.807) is 6.92 Å². The summed E-state index contributed by atoms with van der Waals surface area (Å²) in [6, 6.07) is 2.51. The van der Waals surface area contributed by atoms with Crippen molar-refractivity contribution in [2.45, 2.75) is 20.3 Å². The zero-order valence-electron chi connectivity index (χ0n) is 9.44. The van der Waals surface area contributed by atoms with E-state index in [4.69, 9.17) is 11.6 Å². The van der Waals surface area contributed by atoms with E-state index < -0.39 is 4.92 Å². The normalized spacial score (nSPS) is 11.9. The van der Waals surface area contributed by atoms with Crippen LogP contribution in [0, 0.1) is 16.0 Å². The van der Waals surface area contributed by atoms with Crippen LogP contribution >= 0.6 is 11.6 Å². The lowest BCUT2D eigenvalue weighted by molar-refractivity contribution is -0.384. The van der Waals surface area contributed by atoms with Gasteiger partial charge in [0.1, 0.15) is 5.15 Å². The molecule has 0 aromatic carbocycles. The number of hydrogen-bond donors (Lipinski definition) is 1. The van der Waals surface area contributed by atoms with Crippen molar-refractivity contribution in [3.63, 3.8) is 0 Å². The van der Waals surface area contributed by atoms with Gasteiger partial charge in [-0.3, -0.25) is 14.9 Å². The standard InChI is InChI=1S/C10H12ClN3O3/c1-3-6(2)10(15)13-9-7(14(16)17)4-5-8(11)12-9/h4-6H,3H2,1-2H3,(H,12,13,15). The summed E-state index contributed by atoms with van der Waals surface area (Å²) in [5, 5.41) is 13.2. The minimum atomic E-state index is -0.616. The molecule has 0 aliphatic heterocycles. The molecule has 1 rings (SSSR count). The fraction of sp³-hybridized carbons (Fsp3) is 0.400. The number of aromatic nitrogens is 1. The first-order valence-corrected chi connectivity index (χ1v) is 5.45. The Bertz CT molecular complexity index is 450. The zero-order valence-corrected chi connectivity index (χ0v) is 10.2. The van der Waals surface area contributed by atoms with Crippen molar-refractivity contribution in [1.82, 2.24) is 4.98 Å². The molecule has 0 bridgehead atoms. The Kier molecular flexibility index (Phi) is 4.39. The topological polar surface area (TPSA) is 85.1 Å². The Hall–Kier alpha value is -1.69. The molecule has 17 heavy (non-hydrogen) atoms. The highest BCUT2D eigenvalue weighted by molar-refractivity contribution is 6.29. The first-order valence-electron chi connectivity index (χ1n) is 5.07. The van der Waals surface area contributed by atoms with Gasteiger partial charge in [-0.15, -0.1) is 0 Å². The maximum Gasteiger partial charge on any atom is 0.311 e. The molecule has 6 nitrogen and oxygen atoms in total. The van der Waals surface area contributed by atoms with E-state index in [0.717, 1.165) is 0 Å². The molecule has 1 unspecified atom stereocenters. The predicted octanol–water partition coefficient (Wildman–Crippen LogP) is 2.63. The summed E-state index contributed by atoms with van der Waals surface area (Å²) in [5.41, 5.74) is -0.272. The third-order valence-corrected chi connectivity index (χ3v) is 2.55. The van der Waals surface area contributed by atoms with Crippen molar-refractivity contribution in [3.8, 4) is 0 Å². The summed E-state index contributed by atoms with van der Waals surface area (Å²) >= 11 is 5.63. The van der Waals surface area contributed by atoms with Crippen molar-refractivity contribution in [2.75, 3.05) is 5.32 Å². The summed E-state index contributed by atoms with van der Waals surface area (Å²) in [5.74, 6) is -0.673. The molecule has 0 aliphatic carbocycles. The van der Waals surface area contributed by atoms with Gasteiger partial charge in [0.25, 0.3) is 0 Å². The highest BCUT2D eigenvalue weighted by Gasteiger charge is 2.20. The molecule has 0 saturated heterocycles. The second-order valence-electron chi connectivity index (χ2n) is 3.56. The van der Waals surface area contributed by atoms with Crippen LogP contribution in [0.5, 0.6) is 0 Å². The number of carbonyl (C=O) groups is 1. The van der Waals surface area contributed by atoms with Gasteiger partial charge < -0.3 is 5.32 Å². The lowest BCUT2D eigenvalue weighted by Gasteiger charge is -2.09. The van der Waals surface area contributed by atoms with Gasteiger partial charge in [0.2, 0.25) is 11.7 Å². The minimum Gasteiger partial charge on any atom is -0.305 e. The average molecular weight is 258 g/mol. The van der Waals surface area contributed by atoms with E-state index in [1.807, 2.05) is 6.92 Å². The van der Waals surface area contributed by atoms with Crippen LogP contribution in [0.25, 0.3) is 0 Å². The molecule has 0 fully saturated rings. The van der Waals surface area contributed by atoms with Crippen LogP contribution in [0.15, 0.2) is 12.1 Å². The first kappa shape index (κ1) is 13.4. The number of hydrogen-bond acceptors (Lipinski definition) is 4. The number of nitrogens with zero attached hydrogens (tertiary/aromatic N) is 2. The maximum absolute atomic E-state index is 11.6. The molecule has 0 radical (unpaired) electrons. The number of halogens is 1. The zero-order chi connectivity index (χ0) is 13.0. The number of carbonyl (C=O) groups excluding carboxylic acids is 1. The van der Waals surface area contributed by atoms with Crippen molar-refractivity contribution in [1.29, 1.82) is 0 Å². The fourth-order valence-corrected chi connectivity index (χ4v) is 1.24. The van der Waals surface area contributed by atoms with Crippen LogP contribution in [0.1, 0.15) is 20.3 Å². The number of anilines is 1. The van der Waals surface area contributed by atoms with Crippen LogP contribution < -0.4 is 5.32 Å². The molecule has 1 N–H and O–H groups in total. The first-order chi connectivity index (χ1) is 7.95. The Morgan fingerprint density at radius 1 is 1.65 bits per heavy atom. The summed E-state index contributed by atoms with van der Waals surface area (Å²) in [6.45, 7) is 3.58. The largest absolute Gasteiger partial charge is 0.311 e. The second kappa shape index (κ2) is 5.58. The smallest absolute Gasteiger partial charge is 0.305 e. The quantitative estimate of drug-likeness (QED) is 0.510. The van der Waals surface area contributed by atoms with Crippen LogP contribution in [0.3, 0.4) is 0 Å². The Morgan fingerprint density at radius 2 is 2.29 bits per heavy atom. The van der Waals surface area contributed by atoms with Crippen molar-refractivity contribution in [2.24, 2.45) is 5.92 Å². The van der Waals surface area contributed by atoms with Gasteiger partial charge >= 0.3 is 5.69 Å². The highest BCUT2D eigenvalue weighted by Crippen LogP contribution is 2.24. The van der Waals surface area contributed by atoms with Crippen molar-refractivity contribution < 1.29 is 9.72 Å². The number of rotatable bonds is 4. The lowest BCUT2D eigenvalue weighted by Crippen LogP contribution is -2.21. The SMILES string of the molecule is CCC(C)C(=O)Nc1nc(Cl)ccc1[N+](=O)[O-]. The van der Waals surface area contributed by atoms with Gasteiger partial charge in [-0.2, -0.15) is 0 Å². The molecule has 7 heteroatoms. The maximum atomic E-state index is 11.6. The predicted molar refractivity (Wildman–Crippen MR) is 64.0 cm³/mol. The van der Waals surface area contributed by atoms with E-state index in [0.29, 0.717) is 6.42 Å². The molecular formula is C10H12ClN3O3. The molecule has 1 aromatic rings. The van der Waals surface area contributed by atoms with E-state index in [9.17, 15) is 14.9 Å². The molecule has 1 atom stereocenters. The molecular weight excluding hydrogens is 246 g/mol. The summed E-state index contributed by atoms with van der Waals surface area (Å²) in [6.07, 6.45) is 0.639. The average Bonchev–Trinajstić information content (AvgIpc) is 2.27. The minimum absolute atomic E-state index is 0.0926. The van der Waals surface area contributed by atoms with E-state index >= 15 is 0 Å². The molecule has 0 aliphatic rings. The van der Waals surface area contributed by atoms with Gasteiger partial charge in [0.05, 0.1) is 4.92 Å². The summed E-state index contributed by atoms with van der Waals surface area (Å²) in [4.78, 5) is 25.5. The summed E-state index contributed by atoms with van der Waals surface area (Å²) in [7, 11) is 0. The van der Waals surface area contributed by atoms with Crippen LogP contribution in [-0.2, 0) is 4.79 Å². The van der Waals surface area contributed by atoms with Crippen LogP contribution in [0.2, 0.25) is 5.15 Å². The summed E-state index contributed by atoms with van der Waals surface area (Å²) < 4.78 is 0. The van der Waals surface area contributed by atoms with Crippen LogP contribution in [0.4, 0.5) is 11.5 Å². The number of nitrogens with one attached hydrogen (secondary N) is 1. The van der Waals surface area contributed by atoms with E-state index in [1.165, 1.54) is 12.1 Å². The Balaban J connectivity index is 3.00. The third kappa shape index (κ3) is 3.39. The van der Waals surface area contributed by atoms with Gasteiger partial charge in [-0.25, -0.2) is 4.98 Å². The van der Waals surface area contributed by atoms with E-state index in [-0.39, 0.29) is 28.5 Å². The molecule has 92 valence electrons. The molecule has 1 amide bonds. The number of amides is 1. The van der Waals surface area contributed by atoms with Crippen molar-refractivity contribution >= 4 is 29.0 Å². The Labute approximate surface area is 103 Å². The molecule has 0 saturated carbocycles. The van der Waals surface area contributed by atoms with Gasteiger partial charge in [0.15, 0.2) is 0 Å². The Morgan fingerprint density at radius 3 is 2.82 bits per heavy atom. The van der Waals surface area contributed by atoms with Crippen molar-refractivity contribution in [3.05, 3.63) is 27.4 Å². The monoisotopic (exact) mass is 257 g/mol. The third-order valence-electron chi connectivity index (χ3n) is 2.34. The molecule has 0 spiro atoms. The number of nitro groups is 1. The van der Waals surface area contributed by atoms with Gasteiger partial charge in [-0.1, -0.05) is 25.4 Å². The fourth-order valence-electron chi connectivity index (χ4n) is 1.09. The van der Waals surface area contributed by atoms with Gasteiger partial charge in [0, 0.05) is 12.0 Å². The molecule has 1 heterocycles. The lowest BCUT2D eigenvalue weighted by atomic mass is 10.1.